The van der Waals surface area contributed by atoms with Crippen molar-refractivity contribution in [1.29, 1.82) is 0 Å². The second kappa shape index (κ2) is 9.33. The van der Waals surface area contributed by atoms with Crippen molar-refractivity contribution in [2.45, 2.75) is 33.5 Å². The van der Waals surface area contributed by atoms with Gasteiger partial charge >= 0.3 is 37.9 Å². The third-order valence-corrected chi connectivity index (χ3v) is 4.50. The van der Waals surface area contributed by atoms with Gasteiger partial charge in [-0.1, -0.05) is 31.3 Å². The Bertz CT molecular complexity index is 433. The van der Waals surface area contributed by atoms with E-state index < -0.39 is 28.9 Å². The van der Waals surface area contributed by atoms with E-state index in [1.54, 1.807) is 6.21 Å². The fourth-order valence-corrected chi connectivity index (χ4v) is 3.18. The molecule has 6 heteroatoms. The maximum atomic E-state index is 10.2. The number of aromatic hydroxyl groups is 1. The van der Waals surface area contributed by atoms with Gasteiger partial charge in [-0.25, -0.2) is 0 Å². The molecule has 106 valence electrons. The SMILES string of the molecule is CCN=Cc1cc(C)cc([Si](C)(C)C)c1O.[Cl][Zr][Cl]. The zero-order chi connectivity index (χ0) is 15.1. The molecule has 0 radical (unpaired) electrons. The van der Waals surface area contributed by atoms with Gasteiger partial charge < -0.3 is 5.11 Å². The molecule has 1 N–H and O–H groups in total. The molecule has 0 bridgehead atoms. The van der Waals surface area contributed by atoms with E-state index in [1.165, 1.54) is 5.56 Å². The van der Waals surface area contributed by atoms with E-state index in [0.717, 1.165) is 17.3 Å². The van der Waals surface area contributed by atoms with Crippen molar-refractivity contribution < 1.29 is 26.0 Å². The van der Waals surface area contributed by atoms with E-state index in [4.69, 9.17) is 17.0 Å². The van der Waals surface area contributed by atoms with Crippen LogP contribution in [0.25, 0.3) is 0 Å². The number of rotatable bonds is 3. The normalized spacial score (nSPS) is 11.1. The first kappa shape index (κ1) is 19.4. The van der Waals surface area contributed by atoms with Crippen molar-refractivity contribution in [3.8, 4) is 5.75 Å². The number of phenolic OH excluding ortho intramolecular Hbond substituents is 1. The third-order valence-electron chi connectivity index (χ3n) is 2.50. The Morgan fingerprint density at radius 3 is 2.26 bits per heavy atom. The molecule has 0 amide bonds. The molecule has 0 spiro atoms. The minimum atomic E-state index is -1.49. The number of halogens is 2. The Kier molecular flexibility index (Phi) is 9.51. The van der Waals surface area contributed by atoms with Gasteiger partial charge in [0.2, 0.25) is 0 Å². The molecule has 0 aromatic heterocycles. The molecule has 0 fully saturated rings. The van der Waals surface area contributed by atoms with Crippen LogP contribution in [0.15, 0.2) is 17.1 Å². The summed E-state index contributed by atoms with van der Waals surface area (Å²) in [6, 6.07) is 4.09. The molecule has 0 aliphatic rings. The molecule has 2 nitrogen and oxygen atoms in total. The Hall–Kier alpha value is 0.370. The molecule has 0 atom stereocenters. The summed E-state index contributed by atoms with van der Waals surface area (Å²) in [5.74, 6) is 0.418. The van der Waals surface area contributed by atoms with Crippen LogP contribution in [0.5, 0.6) is 5.75 Å². The molecule has 0 aliphatic carbocycles. The summed E-state index contributed by atoms with van der Waals surface area (Å²) in [5, 5.41) is 11.3. The summed E-state index contributed by atoms with van der Waals surface area (Å²) in [5.41, 5.74) is 2.03. The van der Waals surface area contributed by atoms with E-state index >= 15 is 0 Å². The van der Waals surface area contributed by atoms with E-state index in [9.17, 15) is 5.11 Å². The Morgan fingerprint density at radius 2 is 1.84 bits per heavy atom. The Morgan fingerprint density at radius 1 is 1.32 bits per heavy atom. The molecule has 0 aliphatic heterocycles. The quantitative estimate of drug-likeness (QED) is 0.605. The first-order valence-corrected chi connectivity index (χ1v) is 15.9. The summed E-state index contributed by atoms with van der Waals surface area (Å²) >= 11 is -0.826. The summed E-state index contributed by atoms with van der Waals surface area (Å²) in [6.07, 6.45) is 1.77. The topological polar surface area (TPSA) is 32.6 Å². The van der Waals surface area contributed by atoms with Crippen LogP contribution in [-0.4, -0.2) is 25.9 Å². The summed E-state index contributed by atoms with van der Waals surface area (Å²) in [4.78, 5) is 4.20. The van der Waals surface area contributed by atoms with E-state index in [2.05, 4.69) is 37.6 Å². The van der Waals surface area contributed by atoms with Crippen LogP contribution in [0, 0.1) is 6.92 Å². The Balaban J connectivity index is 0.000000982. The molecule has 0 unspecified atom stereocenters. The minimum absolute atomic E-state index is 0.418. The first-order chi connectivity index (χ1) is 8.77. The molecular formula is C13H21Cl2NOSiZr. The number of phenols is 1. The fourth-order valence-electron chi connectivity index (χ4n) is 1.67. The van der Waals surface area contributed by atoms with Crippen LogP contribution < -0.4 is 5.19 Å². The number of aliphatic imine (C=N–C) groups is 1. The van der Waals surface area contributed by atoms with Gasteiger partial charge in [0.15, 0.2) is 0 Å². The summed E-state index contributed by atoms with van der Waals surface area (Å²) < 4.78 is 0. The van der Waals surface area contributed by atoms with Gasteiger partial charge in [0.25, 0.3) is 0 Å². The maximum absolute atomic E-state index is 10.2. The van der Waals surface area contributed by atoms with Gasteiger partial charge in [0.1, 0.15) is 5.75 Å². The van der Waals surface area contributed by atoms with Crippen LogP contribution in [-0.2, 0) is 20.8 Å². The standard InChI is InChI=1S/C13H21NOSi.2ClH.Zr/c1-6-14-9-11-7-10(2)8-12(13(11)15)16(3,4)5;;;/h7-9,15H,6H2,1-5H3;2*1H;/q;;;+2/p-2. The molecule has 1 rings (SSSR count). The number of nitrogens with zero attached hydrogens (tertiary/aromatic N) is 1. The van der Waals surface area contributed by atoms with Crippen LogP contribution in [0.4, 0.5) is 0 Å². The van der Waals surface area contributed by atoms with Crippen LogP contribution in [0.3, 0.4) is 0 Å². The molecular weight excluding hydrogens is 376 g/mol. The molecule has 1 aromatic rings. The van der Waals surface area contributed by atoms with Crippen molar-refractivity contribution in [3.63, 3.8) is 0 Å². The van der Waals surface area contributed by atoms with Gasteiger partial charge in [-0.3, -0.25) is 4.99 Å². The van der Waals surface area contributed by atoms with Crippen molar-refractivity contribution in [2.75, 3.05) is 6.54 Å². The van der Waals surface area contributed by atoms with Crippen LogP contribution in [0.1, 0.15) is 18.1 Å². The predicted octanol–water partition coefficient (Wildman–Crippen LogP) is 4.06. The molecule has 0 saturated heterocycles. The van der Waals surface area contributed by atoms with Crippen LogP contribution >= 0.6 is 17.0 Å². The van der Waals surface area contributed by atoms with E-state index in [1.807, 2.05) is 13.0 Å². The number of aryl methyl sites for hydroxylation is 1. The van der Waals surface area contributed by atoms with Crippen molar-refractivity contribution in [1.82, 2.24) is 0 Å². The van der Waals surface area contributed by atoms with E-state index in [-0.39, 0.29) is 0 Å². The fraction of sp³-hybridized carbons (Fsp3) is 0.462. The van der Waals surface area contributed by atoms with Gasteiger partial charge in [0, 0.05) is 18.3 Å². The molecule has 0 heterocycles. The van der Waals surface area contributed by atoms with Crippen molar-refractivity contribution in [3.05, 3.63) is 23.3 Å². The summed E-state index contributed by atoms with van der Waals surface area (Å²) in [7, 11) is 8.38. The second-order valence-electron chi connectivity index (χ2n) is 5.20. The van der Waals surface area contributed by atoms with Crippen molar-refractivity contribution in [2.24, 2.45) is 4.99 Å². The van der Waals surface area contributed by atoms with Crippen LogP contribution in [0.2, 0.25) is 19.6 Å². The first-order valence-electron chi connectivity index (χ1n) is 6.08. The number of benzene rings is 1. The zero-order valence-electron chi connectivity index (χ0n) is 12.1. The second-order valence-corrected chi connectivity index (χ2v) is 14.0. The average Bonchev–Trinajstić information content (AvgIpc) is 2.29. The third kappa shape index (κ3) is 7.08. The summed E-state index contributed by atoms with van der Waals surface area (Å²) in [6.45, 7) is 11.5. The van der Waals surface area contributed by atoms with Gasteiger partial charge in [-0.15, -0.1) is 0 Å². The predicted molar refractivity (Wildman–Crippen MR) is 85.7 cm³/mol. The molecule has 0 saturated carbocycles. The monoisotopic (exact) mass is 395 g/mol. The van der Waals surface area contributed by atoms with Gasteiger partial charge in [-0.2, -0.15) is 0 Å². The Labute approximate surface area is 135 Å². The molecule has 1 aromatic carbocycles. The van der Waals surface area contributed by atoms with E-state index in [0.29, 0.717) is 5.75 Å². The van der Waals surface area contributed by atoms with Gasteiger partial charge in [-0.05, 0) is 25.1 Å². The zero-order valence-corrected chi connectivity index (χ0v) is 17.1. The average molecular weight is 398 g/mol. The van der Waals surface area contributed by atoms with Gasteiger partial charge in [0.05, 0.1) is 8.07 Å². The number of hydrogen-bond acceptors (Lipinski definition) is 2. The number of hydrogen-bond donors (Lipinski definition) is 1. The molecule has 19 heavy (non-hydrogen) atoms. The van der Waals surface area contributed by atoms with Crippen molar-refractivity contribution >= 4 is 36.5 Å².